The maximum atomic E-state index is 11.7. The molecule has 1 amide bonds. The Balaban J connectivity index is 1.98. The molecule has 1 saturated carbocycles. The Morgan fingerprint density at radius 1 is 1.41 bits per heavy atom. The molecule has 1 fully saturated rings. The van der Waals surface area contributed by atoms with Crippen LogP contribution in [0.25, 0.3) is 0 Å². The largest absolute Gasteiger partial charge is 0.343 e. The molecule has 2 heterocycles. The van der Waals surface area contributed by atoms with Crippen LogP contribution in [0.15, 0.2) is 12.3 Å². The molecular formula is C13H17N3O. The van der Waals surface area contributed by atoms with Crippen molar-refractivity contribution in [3.8, 4) is 0 Å². The zero-order valence-electron chi connectivity index (χ0n) is 10.1. The molecule has 90 valence electrons. The van der Waals surface area contributed by atoms with E-state index in [1.54, 1.807) is 0 Å². The minimum absolute atomic E-state index is 0.0804. The number of carbonyl (C=O) groups excluding carboxylic acids is 1. The van der Waals surface area contributed by atoms with Crippen molar-refractivity contribution in [2.45, 2.75) is 38.6 Å². The average Bonchev–Trinajstić information content (AvgIpc) is 2.80. The first-order valence-corrected chi connectivity index (χ1v) is 6.27. The third-order valence-corrected chi connectivity index (χ3v) is 3.63. The number of hydrogen-bond donors (Lipinski definition) is 1. The smallest absolute Gasteiger partial charge is 0.244 e. The lowest BCUT2D eigenvalue weighted by atomic mass is 10.1. The van der Waals surface area contributed by atoms with E-state index in [1.807, 2.05) is 19.2 Å². The average molecular weight is 231 g/mol. The Kier molecular flexibility index (Phi) is 2.50. The maximum Gasteiger partial charge on any atom is 0.244 e. The fraction of sp³-hybridized carbons (Fsp3) is 0.538. The van der Waals surface area contributed by atoms with Crippen LogP contribution >= 0.6 is 0 Å². The molecule has 1 aromatic heterocycles. The van der Waals surface area contributed by atoms with Gasteiger partial charge >= 0.3 is 0 Å². The second-order valence-electron chi connectivity index (χ2n) is 5.00. The number of pyridine rings is 1. The number of hydrogen-bond acceptors (Lipinski definition) is 3. The molecular weight excluding hydrogens is 214 g/mol. The quantitative estimate of drug-likeness (QED) is 0.805. The van der Waals surface area contributed by atoms with Gasteiger partial charge in [0, 0.05) is 12.2 Å². The number of nitrogens with zero attached hydrogens (tertiary/aromatic N) is 2. The summed E-state index contributed by atoms with van der Waals surface area (Å²) in [5.41, 5.74) is 1.95. The van der Waals surface area contributed by atoms with Gasteiger partial charge in [0.1, 0.15) is 0 Å². The predicted molar refractivity (Wildman–Crippen MR) is 67.2 cm³/mol. The molecule has 0 spiro atoms. The van der Waals surface area contributed by atoms with Gasteiger partial charge in [0.25, 0.3) is 0 Å². The third kappa shape index (κ3) is 1.88. The first-order chi connectivity index (χ1) is 8.24. The van der Waals surface area contributed by atoms with Crippen LogP contribution in [0, 0.1) is 6.92 Å². The normalized spacial score (nSPS) is 20.3. The lowest BCUT2D eigenvalue weighted by Gasteiger charge is -2.34. The molecule has 0 radical (unpaired) electrons. The number of rotatable bonds is 1. The lowest BCUT2D eigenvalue weighted by Crippen LogP contribution is -2.44. The molecule has 0 aromatic carbocycles. The van der Waals surface area contributed by atoms with E-state index in [9.17, 15) is 4.79 Å². The van der Waals surface area contributed by atoms with Crippen molar-refractivity contribution in [2.24, 2.45) is 0 Å². The number of carbonyl (C=O) groups is 1. The van der Waals surface area contributed by atoms with Crippen LogP contribution in [0.1, 0.15) is 31.2 Å². The summed E-state index contributed by atoms with van der Waals surface area (Å²) in [6, 6.07) is 2.50. The fourth-order valence-electron chi connectivity index (χ4n) is 2.82. The van der Waals surface area contributed by atoms with E-state index >= 15 is 0 Å². The summed E-state index contributed by atoms with van der Waals surface area (Å²) < 4.78 is 0. The molecule has 17 heavy (non-hydrogen) atoms. The standard InChI is InChI=1S/C13H17N3O/c1-9-6-11-13(14-7-9)16(8-12(17)15-11)10-4-2-3-5-10/h6-7,10H,2-5,8H2,1H3,(H,15,17). The number of aromatic nitrogens is 1. The molecule has 1 aliphatic heterocycles. The highest BCUT2D eigenvalue weighted by molar-refractivity contribution is 6.00. The Morgan fingerprint density at radius 3 is 2.94 bits per heavy atom. The fourth-order valence-corrected chi connectivity index (χ4v) is 2.82. The number of nitrogens with one attached hydrogen (secondary N) is 1. The van der Waals surface area contributed by atoms with Crippen LogP contribution in [0.3, 0.4) is 0 Å². The number of anilines is 2. The molecule has 1 aliphatic carbocycles. The van der Waals surface area contributed by atoms with Gasteiger partial charge in [-0.15, -0.1) is 0 Å². The van der Waals surface area contributed by atoms with E-state index < -0.39 is 0 Å². The van der Waals surface area contributed by atoms with E-state index in [1.165, 1.54) is 25.7 Å². The Labute approximate surface area is 101 Å². The van der Waals surface area contributed by atoms with Crippen molar-refractivity contribution >= 4 is 17.4 Å². The van der Waals surface area contributed by atoms with E-state index in [0.29, 0.717) is 12.6 Å². The molecule has 4 heteroatoms. The van der Waals surface area contributed by atoms with Gasteiger partial charge in [-0.05, 0) is 31.4 Å². The van der Waals surface area contributed by atoms with Crippen molar-refractivity contribution in [2.75, 3.05) is 16.8 Å². The molecule has 0 saturated heterocycles. The monoisotopic (exact) mass is 231 g/mol. The summed E-state index contributed by atoms with van der Waals surface area (Å²) in [6.45, 7) is 2.45. The number of amides is 1. The van der Waals surface area contributed by atoms with Crippen LogP contribution in [-0.4, -0.2) is 23.5 Å². The van der Waals surface area contributed by atoms with E-state index in [-0.39, 0.29) is 5.91 Å². The Hall–Kier alpha value is -1.58. The molecule has 0 bridgehead atoms. The first-order valence-electron chi connectivity index (χ1n) is 6.27. The SMILES string of the molecule is Cc1cnc2c(c1)NC(=O)CN2C1CCCC1. The number of fused-ring (bicyclic) bond motifs is 1. The van der Waals surface area contributed by atoms with Gasteiger partial charge in [0.2, 0.25) is 5.91 Å². The van der Waals surface area contributed by atoms with Crippen molar-refractivity contribution in [1.82, 2.24) is 4.98 Å². The predicted octanol–water partition coefficient (Wildman–Crippen LogP) is 2.09. The van der Waals surface area contributed by atoms with Crippen molar-refractivity contribution in [3.63, 3.8) is 0 Å². The minimum atomic E-state index is 0.0804. The molecule has 3 rings (SSSR count). The van der Waals surface area contributed by atoms with Gasteiger partial charge in [-0.25, -0.2) is 4.98 Å². The van der Waals surface area contributed by atoms with Crippen molar-refractivity contribution in [3.05, 3.63) is 17.8 Å². The summed E-state index contributed by atoms with van der Waals surface area (Å²) in [6.07, 6.45) is 6.77. The minimum Gasteiger partial charge on any atom is -0.343 e. The van der Waals surface area contributed by atoms with E-state index in [4.69, 9.17) is 0 Å². The van der Waals surface area contributed by atoms with Gasteiger partial charge in [-0.1, -0.05) is 12.8 Å². The highest BCUT2D eigenvalue weighted by atomic mass is 16.2. The van der Waals surface area contributed by atoms with E-state index in [0.717, 1.165) is 17.1 Å². The number of aryl methyl sites for hydroxylation is 1. The highest BCUT2D eigenvalue weighted by Crippen LogP contribution is 2.33. The van der Waals surface area contributed by atoms with Crippen LogP contribution < -0.4 is 10.2 Å². The van der Waals surface area contributed by atoms with Gasteiger partial charge in [-0.3, -0.25) is 4.79 Å². The Bertz CT molecular complexity index is 452. The maximum absolute atomic E-state index is 11.7. The summed E-state index contributed by atoms with van der Waals surface area (Å²) in [7, 11) is 0. The highest BCUT2D eigenvalue weighted by Gasteiger charge is 2.30. The molecule has 2 aliphatic rings. The van der Waals surface area contributed by atoms with Gasteiger partial charge in [0.05, 0.1) is 12.2 Å². The molecule has 0 atom stereocenters. The van der Waals surface area contributed by atoms with Crippen LogP contribution in [0.2, 0.25) is 0 Å². The molecule has 1 N–H and O–H groups in total. The van der Waals surface area contributed by atoms with Gasteiger partial charge in [-0.2, -0.15) is 0 Å². The topological polar surface area (TPSA) is 45.2 Å². The van der Waals surface area contributed by atoms with E-state index in [2.05, 4.69) is 15.2 Å². The zero-order chi connectivity index (χ0) is 11.8. The summed E-state index contributed by atoms with van der Waals surface area (Å²) in [5, 5.41) is 2.91. The van der Waals surface area contributed by atoms with Crippen LogP contribution in [-0.2, 0) is 4.79 Å². The third-order valence-electron chi connectivity index (χ3n) is 3.63. The summed E-state index contributed by atoms with van der Waals surface area (Å²) >= 11 is 0. The van der Waals surface area contributed by atoms with Crippen LogP contribution in [0.5, 0.6) is 0 Å². The van der Waals surface area contributed by atoms with Gasteiger partial charge in [0.15, 0.2) is 5.82 Å². The van der Waals surface area contributed by atoms with Crippen LogP contribution in [0.4, 0.5) is 11.5 Å². The zero-order valence-corrected chi connectivity index (χ0v) is 10.1. The summed E-state index contributed by atoms with van der Waals surface area (Å²) in [5.74, 6) is 1.03. The molecule has 4 nitrogen and oxygen atoms in total. The van der Waals surface area contributed by atoms with Crippen molar-refractivity contribution in [1.29, 1.82) is 0 Å². The lowest BCUT2D eigenvalue weighted by molar-refractivity contribution is -0.115. The molecule has 1 aromatic rings. The second-order valence-corrected chi connectivity index (χ2v) is 5.00. The molecule has 0 unspecified atom stereocenters. The Morgan fingerprint density at radius 2 is 2.18 bits per heavy atom. The van der Waals surface area contributed by atoms with Gasteiger partial charge < -0.3 is 10.2 Å². The second kappa shape index (κ2) is 4.02. The first kappa shape index (κ1) is 10.6. The summed E-state index contributed by atoms with van der Waals surface area (Å²) in [4.78, 5) is 18.4. The van der Waals surface area contributed by atoms with Crippen molar-refractivity contribution < 1.29 is 4.79 Å².